The first-order valence-electron chi connectivity index (χ1n) is 6.24. The van der Waals surface area contributed by atoms with Gasteiger partial charge in [0.15, 0.2) is 0 Å². The van der Waals surface area contributed by atoms with Crippen LogP contribution in [0.3, 0.4) is 0 Å². The first-order valence-corrected chi connectivity index (χ1v) is 6.62. The molecular formula is C13H11ClN4O5. The average Bonchev–Trinajstić information content (AvgIpc) is 2.49. The van der Waals surface area contributed by atoms with Crippen molar-refractivity contribution in [2.24, 2.45) is 14.1 Å². The van der Waals surface area contributed by atoms with Crippen LogP contribution in [0.4, 0.5) is 11.4 Å². The Morgan fingerprint density at radius 1 is 1.30 bits per heavy atom. The highest BCUT2D eigenvalue weighted by molar-refractivity contribution is 6.33. The van der Waals surface area contributed by atoms with Gasteiger partial charge in [-0.15, -0.1) is 0 Å². The van der Waals surface area contributed by atoms with E-state index in [0.717, 1.165) is 21.3 Å². The van der Waals surface area contributed by atoms with Gasteiger partial charge in [0.1, 0.15) is 10.7 Å². The third-order valence-electron chi connectivity index (χ3n) is 3.10. The van der Waals surface area contributed by atoms with E-state index in [2.05, 4.69) is 5.32 Å². The lowest BCUT2D eigenvalue weighted by Crippen LogP contribution is -2.38. The molecule has 1 aromatic carbocycles. The van der Waals surface area contributed by atoms with E-state index in [0.29, 0.717) is 0 Å². The molecule has 0 saturated heterocycles. The van der Waals surface area contributed by atoms with Crippen LogP contribution >= 0.6 is 11.6 Å². The summed E-state index contributed by atoms with van der Waals surface area (Å²) >= 11 is 5.74. The van der Waals surface area contributed by atoms with E-state index in [1.807, 2.05) is 0 Å². The van der Waals surface area contributed by atoms with Gasteiger partial charge in [0, 0.05) is 31.9 Å². The number of anilines is 1. The highest BCUT2D eigenvalue weighted by Gasteiger charge is 2.17. The Morgan fingerprint density at radius 2 is 1.96 bits per heavy atom. The third kappa shape index (κ3) is 3.14. The lowest BCUT2D eigenvalue weighted by molar-refractivity contribution is -0.384. The Labute approximate surface area is 133 Å². The van der Waals surface area contributed by atoms with E-state index < -0.39 is 22.1 Å². The molecule has 2 rings (SSSR count). The zero-order chi connectivity index (χ0) is 17.3. The minimum absolute atomic E-state index is 0.0384. The first kappa shape index (κ1) is 16.4. The van der Waals surface area contributed by atoms with Crippen molar-refractivity contribution in [3.63, 3.8) is 0 Å². The maximum Gasteiger partial charge on any atom is 0.330 e. The van der Waals surface area contributed by atoms with Gasteiger partial charge < -0.3 is 9.88 Å². The summed E-state index contributed by atoms with van der Waals surface area (Å²) in [4.78, 5) is 45.7. The zero-order valence-electron chi connectivity index (χ0n) is 12.1. The molecule has 9 nitrogen and oxygen atoms in total. The lowest BCUT2D eigenvalue weighted by Gasteiger charge is -2.08. The molecule has 2 aromatic rings. The van der Waals surface area contributed by atoms with Crippen molar-refractivity contribution < 1.29 is 9.72 Å². The molecule has 1 amide bonds. The monoisotopic (exact) mass is 338 g/mol. The number of carbonyl (C=O) groups is 1. The summed E-state index contributed by atoms with van der Waals surface area (Å²) in [6.45, 7) is 0. The summed E-state index contributed by atoms with van der Waals surface area (Å²) in [5.74, 6) is -0.683. The molecule has 0 fully saturated rings. The molecule has 0 spiro atoms. The van der Waals surface area contributed by atoms with Crippen LogP contribution < -0.4 is 16.6 Å². The van der Waals surface area contributed by atoms with Crippen LogP contribution in [0.2, 0.25) is 5.02 Å². The molecule has 1 N–H and O–H groups in total. The van der Waals surface area contributed by atoms with Crippen molar-refractivity contribution in [1.29, 1.82) is 0 Å². The molecule has 0 aliphatic carbocycles. The van der Waals surface area contributed by atoms with Gasteiger partial charge in [-0.1, -0.05) is 11.6 Å². The number of aryl methyl sites for hydroxylation is 1. The molecular weight excluding hydrogens is 328 g/mol. The van der Waals surface area contributed by atoms with Gasteiger partial charge in [0.05, 0.1) is 4.92 Å². The van der Waals surface area contributed by atoms with E-state index >= 15 is 0 Å². The number of hydrogen-bond donors (Lipinski definition) is 1. The quantitative estimate of drug-likeness (QED) is 0.659. The highest BCUT2D eigenvalue weighted by atomic mass is 35.5. The summed E-state index contributed by atoms with van der Waals surface area (Å²) in [5.41, 5.74) is -1.60. The number of hydrogen-bond acceptors (Lipinski definition) is 5. The van der Waals surface area contributed by atoms with E-state index in [-0.39, 0.29) is 22.0 Å². The van der Waals surface area contributed by atoms with E-state index in [1.165, 1.54) is 26.4 Å². The van der Waals surface area contributed by atoms with Gasteiger partial charge in [-0.05, 0) is 12.1 Å². The number of rotatable bonds is 3. The number of halogens is 1. The molecule has 0 aliphatic heterocycles. The second-order valence-electron chi connectivity index (χ2n) is 4.68. The van der Waals surface area contributed by atoms with Crippen LogP contribution in [-0.2, 0) is 14.1 Å². The molecule has 0 aliphatic rings. The van der Waals surface area contributed by atoms with Crippen molar-refractivity contribution >= 4 is 28.9 Å². The molecule has 0 unspecified atom stereocenters. The number of nitro benzene ring substituents is 1. The average molecular weight is 339 g/mol. The third-order valence-corrected chi connectivity index (χ3v) is 3.40. The predicted octanol–water partition coefficient (Wildman–Crippen LogP) is 0.898. The van der Waals surface area contributed by atoms with Gasteiger partial charge in [0.25, 0.3) is 17.2 Å². The molecule has 0 radical (unpaired) electrons. The summed E-state index contributed by atoms with van der Waals surface area (Å²) in [7, 11) is 2.71. The predicted molar refractivity (Wildman–Crippen MR) is 83.0 cm³/mol. The Bertz CT molecular complexity index is 931. The Hall–Kier alpha value is -2.94. The molecule has 1 aromatic heterocycles. The fraction of sp³-hybridized carbons (Fsp3) is 0.154. The molecule has 0 bridgehead atoms. The van der Waals surface area contributed by atoms with Crippen LogP contribution in [0.25, 0.3) is 0 Å². The molecule has 0 atom stereocenters. The Balaban J connectivity index is 2.37. The zero-order valence-corrected chi connectivity index (χ0v) is 12.8. The maximum absolute atomic E-state index is 12.1. The van der Waals surface area contributed by atoms with Crippen molar-refractivity contribution in [2.75, 3.05) is 5.32 Å². The lowest BCUT2D eigenvalue weighted by atomic mass is 10.2. The van der Waals surface area contributed by atoms with Crippen molar-refractivity contribution in [3.05, 3.63) is 65.9 Å². The smallest absolute Gasteiger partial charge is 0.316 e. The van der Waals surface area contributed by atoms with Gasteiger partial charge in [-0.2, -0.15) is 0 Å². The minimum atomic E-state index is -0.683. The fourth-order valence-corrected chi connectivity index (χ4v) is 2.13. The number of nitrogens with zero attached hydrogens (tertiary/aromatic N) is 3. The molecule has 1 heterocycles. The van der Waals surface area contributed by atoms with Gasteiger partial charge in [-0.3, -0.25) is 24.3 Å². The van der Waals surface area contributed by atoms with E-state index in [9.17, 15) is 24.5 Å². The van der Waals surface area contributed by atoms with Crippen molar-refractivity contribution in [1.82, 2.24) is 9.13 Å². The molecule has 23 heavy (non-hydrogen) atoms. The maximum atomic E-state index is 12.1. The Kier molecular flexibility index (Phi) is 4.32. The summed E-state index contributed by atoms with van der Waals surface area (Å²) in [5, 5.41) is 12.8. The van der Waals surface area contributed by atoms with Crippen molar-refractivity contribution in [2.45, 2.75) is 0 Å². The second kappa shape index (κ2) is 6.05. The molecule has 10 heteroatoms. The first-order chi connectivity index (χ1) is 10.7. The summed E-state index contributed by atoms with van der Waals surface area (Å²) in [6.07, 6.45) is 1.19. The number of benzene rings is 1. The largest absolute Gasteiger partial charge is 0.330 e. The molecule has 120 valence electrons. The van der Waals surface area contributed by atoms with Gasteiger partial charge in [-0.25, -0.2) is 4.79 Å². The summed E-state index contributed by atoms with van der Waals surface area (Å²) < 4.78 is 1.98. The molecule has 0 saturated carbocycles. The van der Waals surface area contributed by atoms with Crippen LogP contribution in [-0.4, -0.2) is 20.0 Å². The number of nitrogens with one attached hydrogen (secondary N) is 1. The number of carbonyl (C=O) groups excluding carboxylic acids is 1. The van der Waals surface area contributed by atoms with Crippen LogP contribution in [0.5, 0.6) is 0 Å². The second-order valence-corrected chi connectivity index (χ2v) is 5.09. The standard InChI is InChI=1S/C13H11ClN4O5/c1-16-6-9(12(20)17(2)13(16)21)15-11(19)7-3-4-10(18(22)23)8(14)5-7/h3-6H,1-2H3,(H,15,19). The van der Waals surface area contributed by atoms with E-state index in [4.69, 9.17) is 11.6 Å². The minimum Gasteiger partial charge on any atom is -0.316 e. The van der Waals surface area contributed by atoms with Crippen LogP contribution in [0.15, 0.2) is 34.0 Å². The van der Waals surface area contributed by atoms with E-state index in [1.54, 1.807) is 0 Å². The highest BCUT2D eigenvalue weighted by Crippen LogP contribution is 2.25. The Morgan fingerprint density at radius 3 is 2.52 bits per heavy atom. The number of nitro groups is 1. The van der Waals surface area contributed by atoms with Gasteiger partial charge in [0.2, 0.25) is 0 Å². The van der Waals surface area contributed by atoms with Crippen molar-refractivity contribution in [3.8, 4) is 0 Å². The summed E-state index contributed by atoms with van der Waals surface area (Å²) in [6, 6.07) is 3.43. The van der Waals surface area contributed by atoms with Gasteiger partial charge >= 0.3 is 5.69 Å². The van der Waals surface area contributed by atoms with Crippen LogP contribution in [0.1, 0.15) is 10.4 Å². The topological polar surface area (TPSA) is 116 Å². The number of amides is 1. The fourth-order valence-electron chi connectivity index (χ4n) is 1.88. The van der Waals surface area contributed by atoms with Crippen LogP contribution in [0, 0.1) is 10.1 Å². The number of aromatic nitrogens is 2. The SMILES string of the molecule is Cn1cc(NC(=O)c2ccc([N+](=O)[O-])c(Cl)c2)c(=O)n(C)c1=O. The normalized spacial score (nSPS) is 10.4.